The fraction of sp³-hybridized carbons (Fsp3) is 0.0667. The minimum Gasteiger partial charge on any atom is -0.243 e. The first-order valence-electron chi connectivity index (χ1n) is 6.05. The van der Waals surface area contributed by atoms with E-state index < -0.39 is 11.7 Å². The SMILES string of the molecule is FC(F)(F)c1ccc(-c2nc3ccccc3nc2Cl)cc1. The fourth-order valence-corrected chi connectivity index (χ4v) is 2.22. The summed E-state index contributed by atoms with van der Waals surface area (Å²) in [5, 5.41) is 0.161. The van der Waals surface area contributed by atoms with Crippen molar-refractivity contribution in [1.29, 1.82) is 0 Å². The summed E-state index contributed by atoms with van der Waals surface area (Å²) in [4.78, 5) is 8.57. The first-order valence-corrected chi connectivity index (χ1v) is 6.43. The van der Waals surface area contributed by atoms with Crippen LogP contribution in [-0.4, -0.2) is 9.97 Å². The first kappa shape index (κ1) is 13.8. The predicted octanol–water partition coefficient (Wildman–Crippen LogP) is 4.97. The number of halogens is 4. The number of nitrogens with zero attached hydrogens (tertiary/aromatic N) is 2. The molecule has 1 heterocycles. The van der Waals surface area contributed by atoms with Gasteiger partial charge in [0, 0.05) is 5.56 Å². The highest BCUT2D eigenvalue weighted by molar-refractivity contribution is 6.32. The van der Waals surface area contributed by atoms with Crippen LogP contribution in [0.25, 0.3) is 22.3 Å². The van der Waals surface area contributed by atoms with E-state index in [1.807, 2.05) is 6.07 Å². The largest absolute Gasteiger partial charge is 0.416 e. The van der Waals surface area contributed by atoms with E-state index in [4.69, 9.17) is 11.6 Å². The zero-order valence-electron chi connectivity index (χ0n) is 10.5. The Morgan fingerprint density at radius 2 is 1.38 bits per heavy atom. The molecule has 1 aromatic heterocycles. The molecular formula is C15H8ClF3N2. The van der Waals surface area contributed by atoms with Crippen molar-refractivity contribution in [2.45, 2.75) is 6.18 Å². The van der Waals surface area contributed by atoms with Crippen LogP contribution in [0.5, 0.6) is 0 Å². The van der Waals surface area contributed by atoms with E-state index >= 15 is 0 Å². The van der Waals surface area contributed by atoms with Gasteiger partial charge in [-0.1, -0.05) is 35.9 Å². The van der Waals surface area contributed by atoms with Gasteiger partial charge in [-0.05, 0) is 24.3 Å². The van der Waals surface area contributed by atoms with Gasteiger partial charge in [0.15, 0.2) is 5.15 Å². The van der Waals surface area contributed by atoms with Crippen LogP contribution < -0.4 is 0 Å². The second kappa shape index (κ2) is 5.00. The molecule has 0 aliphatic heterocycles. The Kier molecular flexibility index (Phi) is 3.29. The molecule has 3 rings (SSSR count). The lowest BCUT2D eigenvalue weighted by Crippen LogP contribution is -2.04. The summed E-state index contributed by atoms with van der Waals surface area (Å²) < 4.78 is 37.7. The molecular weight excluding hydrogens is 301 g/mol. The molecule has 0 saturated heterocycles. The van der Waals surface area contributed by atoms with E-state index in [1.165, 1.54) is 12.1 Å². The Morgan fingerprint density at radius 3 is 1.95 bits per heavy atom. The van der Waals surface area contributed by atoms with E-state index in [0.29, 0.717) is 22.3 Å². The molecule has 0 aliphatic carbocycles. The minimum atomic E-state index is -4.36. The van der Waals surface area contributed by atoms with Crippen molar-refractivity contribution in [3.8, 4) is 11.3 Å². The molecule has 0 N–H and O–H groups in total. The van der Waals surface area contributed by atoms with E-state index in [2.05, 4.69) is 9.97 Å². The molecule has 0 bridgehead atoms. The van der Waals surface area contributed by atoms with E-state index in [-0.39, 0.29) is 5.15 Å². The molecule has 0 radical (unpaired) electrons. The number of aromatic nitrogens is 2. The van der Waals surface area contributed by atoms with Crippen LogP contribution in [0.2, 0.25) is 5.15 Å². The molecule has 106 valence electrons. The second-order valence-corrected chi connectivity index (χ2v) is 4.78. The monoisotopic (exact) mass is 308 g/mol. The quantitative estimate of drug-likeness (QED) is 0.634. The maximum Gasteiger partial charge on any atom is 0.416 e. The van der Waals surface area contributed by atoms with Crippen molar-refractivity contribution in [1.82, 2.24) is 9.97 Å². The molecule has 6 heteroatoms. The van der Waals surface area contributed by atoms with Gasteiger partial charge in [0.25, 0.3) is 0 Å². The van der Waals surface area contributed by atoms with Crippen LogP contribution >= 0.6 is 11.6 Å². The van der Waals surface area contributed by atoms with Gasteiger partial charge >= 0.3 is 6.18 Å². The summed E-state index contributed by atoms with van der Waals surface area (Å²) in [6.07, 6.45) is -4.36. The number of fused-ring (bicyclic) bond motifs is 1. The molecule has 0 atom stereocenters. The minimum absolute atomic E-state index is 0.161. The van der Waals surface area contributed by atoms with Gasteiger partial charge in [0.05, 0.1) is 16.6 Å². The van der Waals surface area contributed by atoms with E-state index in [9.17, 15) is 13.2 Å². The molecule has 21 heavy (non-hydrogen) atoms. The van der Waals surface area contributed by atoms with Gasteiger partial charge < -0.3 is 0 Å². The Balaban J connectivity index is 2.09. The molecule has 3 aromatic rings. The van der Waals surface area contributed by atoms with Crippen molar-refractivity contribution in [2.75, 3.05) is 0 Å². The van der Waals surface area contributed by atoms with E-state index in [1.54, 1.807) is 18.2 Å². The number of hydrogen-bond donors (Lipinski definition) is 0. The average molecular weight is 309 g/mol. The van der Waals surface area contributed by atoms with Gasteiger partial charge in [-0.15, -0.1) is 0 Å². The van der Waals surface area contributed by atoms with Crippen molar-refractivity contribution in [3.05, 3.63) is 59.2 Å². The summed E-state index contributed by atoms with van der Waals surface area (Å²) >= 11 is 6.07. The van der Waals surface area contributed by atoms with Crippen LogP contribution in [-0.2, 0) is 6.18 Å². The molecule has 0 amide bonds. The van der Waals surface area contributed by atoms with Gasteiger partial charge in [0.2, 0.25) is 0 Å². The first-order chi connectivity index (χ1) is 9.95. The smallest absolute Gasteiger partial charge is 0.243 e. The van der Waals surface area contributed by atoms with Gasteiger partial charge in [0.1, 0.15) is 5.69 Å². The Bertz CT molecular complexity index is 798. The lowest BCUT2D eigenvalue weighted by molar-refractivity contribution is -0.137. The van der Waals surface area contributed by atoms with Crippen molar-refractivity contribution in [2.24, 2.45) is 0 Å². The summed E-state index contributed by atoms with van der Waals surface area (Å²) in [7, 11) is 0. The predicted molar refractivity (Wildman–Crippen MR) is 75.0 cm³/mol. The van der Waals surface area contributed by atoms with Gasteiger partial charge in [-0.25, -0.2) is 9.97 Å². The Labute approximate surface area is 123 Å². The molecule has 0 fully saturated rings. The van der Waals surface area contributed by atoms with Gasteiger partial charge in [-0.2, -0.15) is 13.2 Å². The van der Waals surface area contributed by atoms with Crippen molar-refractivity contribution < 1.29 is 13.2 Å². The lowest BCUT2D eigenvalue weighted by Gasteiger charge is -2.08. The van der Waals surface area contributed by atoms with Crippen molar-refractivity contribution in [3.63, 3.8) is 0 Å². The van der Waals surface area contributed by atoms with Crippen molar-refractivity contribution >= 4 is 22.6 Å². The zero-order valence-corrected chi connectivity index (χ0v) is 11.3. The normalized spacial score (nSPS) is 11.8. The number of benzene rings is 2. The molecule has 0 unspecified atom stereocenters. The summed E-state index contributed by atoms with van der Waals surface area (Å²) in [6.45, 7) is 0. The van der Waals surface area contributed by atoms with Crippen LogP contribution in [0.1, 0.15) is 5.56 Å². The fourth-order valence-electron chi connectivity index (χ4n) is 1.98. The third-order valence-electron chi connectivity index (χ3n) is 3.01. The maximum absolute atomic E-state index is 12.6. The average Bonchev–Trinajstić information content (AvgIpc) is 2.46. The van der Waals surface area contributed by atoms with Crippen LogP contribution in [0.3, 0.4) is 0 Å². The molecule has 0 spiro atoms. The lowest BCUT2D eigenvalue weighted by atomic mass is 10.1. The second-order valence-electron chi connectivity index (χ2n) is 4.43. The highest BCUT2D eigenvalue weighted by Crippen LogP contribution is 2.32. The van der Waals surface area contributed by atoms with Crippen LogP contribution in [0.15, 0.2) is 48.5 Å². The highest BCUT2D eigenvalue weighted by Gasteiger charge is 2.30. The van der Waals surface area contributed by atoms with Gasteiger partial charge in [-0.3, -0.25) is 0 Å². The highest BCUT2D eigenvalue weighted by atomic mass is 35.5. The topological polar surface area (TPSA) is 25.8 Å². The summed E-state index contributed by atoms with van der Waals surface area (Å²) in [5.41, 5.74) is 1.42. The number of hydrogen-bond acceptors (Lipinski definition) is 2. The summed E-state index contributed by atoms with van der Waals surface area (Å²) in [6, 6.07) is 11.8. The third kappa shape index (κ3) is 2.69. The Hall–Kier alpha value is -2.14. The zero-order chi connectivity index (χ0) is 15.0. The molecule has 2 aromatic carbocycles. The molecule has 0 aliphatic rings. The standard InChI is InChI=1S/C15H8ClF3N2/c16-14-13(20-11-3-1-2-4-12(11)21-14)9-5-7-10(8-6-9)15(17,18)19/h1-8H. The number of para-hydroxylation sites is 2. The number of rotatable bonds is 1. The molecule has 2 nitrogen and oxygen atoms in total. The number of alkyl halides is 3. The summed E-state index contributed by atoms with van der Waals surface area (Å²) in [5.74, 6) is 0. The molecule has 0 saturated carbocycles. The van der Waals surface area contributed by atoms with Crippen LogP contribution in [0, 0.1) is 0 Å². The third-order valence-corrected chi connectivity index (χ3v) is 3.28. The Morgan fingerprint density at radius 1 is 0.810 bits per heavy atom. The maximum atomic E-state index is 12.6. The van der Waals surface area contributed by atoms with Crippen LogP contribution in [0.4, 0.5) is 13.2 Å². The van der Waals surface area contributed by atoms with E-state index in [0.717, 1.165) is 12.1 Å².